The fourth-order valence-corrected chi connectivity index (χ4v) is 2.20. The maximum absolute atomic E-state index is 5.35. The standard InChI is InChI=1S/C15H15N3O3/c1-19-11-7-9(8-12(20-2)13(11)21-3)14-17-10-5-4-6-16-15(10)18-14/h4-8H,1-3H3,(H,16,17,18). The Morgan fingerprint density at radius 1 is 1.00 bits per heavy atom. The van der Waals surface area contributed by atoms with Crippen LogP contribution in [-0.2, 0) is 0 Å². The molecule has 0 saturated carbocycles. The van der Waals surface area contributed by atoms with Crippen molar-refractivity contribution < 1.29 is 14.2 Å². The van der Waals surface area contributed by atoms with Gasteiger partial charge in [-0.2, -0.15) is 0 Å². The van der Waals surface area contributed by atoms with Gasteiger partial charge < -0.3 is 19.2 Å². The van der Waals surface area contributed by atoms with Gasteiger partial charge in [0, 0.05) is 11.8 Å². The first-order chi connectivity index (χ1) is 10.3. The van der Waals surface area contributed by atoms with Crippen molar-refractivity contribution in [1.29, 1.82) is 0 Å². The summed E-state index contributed by atoms with van der Waals surface area (Å²) in [5.41, 5.74) is 2.38. The average molecular weight is 285 g/mol. The first-order valence-electron chi connectivity index (χ1n) is 6.38. The molecule has 0 aliphatic heterocycles. The lowest BCUT2D eigenvalue weighted by molar-refractivity contribution is 0.324. The van der Waals surface area contributed by atoms with Crippen LogP contribution in [0.4, 0.5) is 0 Å². The zero-order chi connectivity index (χ0) is 14.8. The van der Waals surface area contributed by atoms with Crippen molar-refractivity contribution in [1.82, 2.24) is 15.0 Å². The summed E-state index contributed by atoms with van der Waals surface area (Å²) in [5.74, 6) is 2.42. The van der Waals surface area contributed by atoms with Gasteiger partial charge in [-0.3, -0.25) is 0 Å². The van der Waals surface area contributed by atoms with E-state index in [2.05, 4.69) is 15.0 Å². The summed E-state index contributed by atoms with van der Waals surface area (Å²) in [6, 6.07) is 7.48. The summed E-state index contributed by atoms with van der Waals surface area (Å²) in [6.45, 7) is 0. The van der Waals surface area contributed by atoms with Crippen LogP contribution in [0.1, 0.15) is 0 Å². The monoisotopic (exact) mass is 285 g/mol. The predicted molar refractivity (Wildman–Crippen MR) is 79.0 cm³/mol. The molecule has 108 valence electrons. The summed E-state index contributed by atoms with van der Waals surface area (Å²) in [6.07, 6.45) is 1.71. The van der Waals surface area contributed by atoms with Crippen LogP contribution in [0, 0.1) is 0 Å². The number of nitrogens with one attached hydrogen (secondary N) is 1. The maximum Gasteiger partial charge on any atom is 0.203 e. The number of benzene rings is 1. The lowest BCUT2D eigenvalue weighted by atomic mass is 10.1. The van der Waals surface area contributed by atoms with Gasteiger partial charge in [-0.25, -0.2) is 9.97 Å². The molecule has 0 radical (unpaired) electrons. The molecule has 21 heavy (non-hydrogen) atoms. The lowest BCUT2D eigenvalue weighted by Gasteiger charge is -2.13. The van der Waals surface area contributed by atoms with Gasteiger partial charge in [0.05, 0.1) is 26.8 Å². The van der Waals surface area contributed by atoms with Crippen molar-refractivity contribution in [2.75, 3.05) is 21.3 Å². The van der Waals surface area contributed by atoms with E-state index in [0.717, 1.165) is 11.1 Å². The van der Waals surface area contributed by atoms with Crippen molar-refractivity contribution in [3.8, 4) is 28.6 Å². The van der Waals surface area contributed by atoms with Crippen LogP contribution < -0.4 is 14.2 Å². The molecule has 3 aromatic rings. The molecule has 2 heterocycles. The SMILES string of the molecule is COc1cc(-c2nc3ncccc3[nH]2)cc(OC)c1OC. The second-order valence-electron chi connectivity index (χ2n) is 4.37. The molecule has 0 bridgehead atoms. The van der Waals surface area contributed by atoms with E-state index >= 15 is 0 Å². The molecule has 0 aliphatic carbocycles. The number of hydrogen-bond donors (Lipinski definition) is 1. The van der Waals surface area contributed by atoms with E-state index in [4.69, 9.17) is 14.2 Å². The maximum atomic E-state index is 5.35. The van der Waals surface area contributed by atoms with E-state index in [0.29, 0.717) is 28.7 Å². The molecule has 0 aliphatic rings. The van der Waals surface area contributed by atoms with E-state index < -0.39 is 0 Å². The Balaban J connectivity index is 2.17. The van der Waals surface area contributed by atoms with Gasteiger partial charge >= 0.3 is 0 Å². The minimum atomic E-state index is 0.554. The first-order valence-corrected chi connectivity index (χ1v) is 6.38. The van der Waals surface area contributed by atoms with Crippen molar-refractivity contribution >= 4 is 11.2 Å². The molecule has 0 amide bonds. The number of pyridine rings is 1. The lowest BCUT2D eigenvalue weighted by Crippen LogP contribution is -1.96. The zero-order valence-corrected chi connectivity index (χ0v) is 12.0. The third-order valence-corrected chi connectivity index (χ3v) is 3.20. The quantitative estimate of drug-likeness (QED) is 0.798. The Labute approximate surface area is 121 Å². The van der Waals surface area contributed by atoms with Crippen LogP contribution in [0.5, 0.6) is 17.2 Å². The Morgan fingerprint density at radius 2 is 1.71 bits per heavy atom. The van der Waals surface area contributed by atoms with Crippen LogP contribution >= 0.6 is 0 Å². The number of fused-ring (bicyclic) bond motifs is 1. The number of aromatic nitrogens is 3. The number of nitrogens with zero attached hydrogens (tertiary/aromatic N) is 2. The summed E-state index contributed by atoms with van der Waals surface area (Å²) < 4.78 is 16.0. The molecule has 0 spiro atoms. The van der Waals surface area contributed by atoms with Gasteiger partial charge in [-0.1, -0.05) is 0 Å². The van der Waals surface area contributed by atoms with Crippen LogP contribution in [0.3, 0.4) is 0 Å². The van der Waals surface area contributed by atoms with Crippen LogP contribution in [-0.4, -0.2) is 36.3 Å². The van der Waals surface area contributed by atoms with Gasteiger partial charge in [-0.15, -0.1) is 0 Å². The summed E-state index contributed by atoms with van der Waals surface area (Å²) in [5, 5.41) is 0. The number of methoxy groups -OCH3 is 3. The number of ether oxygens (including phenoxy) is 3. The number of rotatable bonds is 4. The molecule has 6 heteroatoms. The van der Waals surface area contributed by atoms with Crippen LogP contribution in [0.15, 0.2) is 30.5 Å². The highest BCUT2D eigenvalue weighted by Gasteiger charge is 2.16. The van der Waals surface area contributed by atoms with Gasteiger partial charge in [0.25, 0.3) is 0 Å². The minimum absolute atomic E-state index is 0.554. The smallest absolute Gasteiger partial charge is 0.203 e. The normalized spacial score (nSPS) is 10.6. The van der Waals surface area contributed by atoms with Gasteiger partial charge in [0.1, 0.15) is 5.82 Å². The Bertz CT molecular complexity index is 725. The van der Waals surface area contributed by atoms with Gasteiger partial charge in [0.2, 0.25) is 5.75 Å². The summed E-state index contributed by atoms with van der Waals surface area (Å²) >= 11 is 0. The highest BCUT2D eigenvalue weighted by molar-refractivity contribution is 5.77. The number of aromatic amines is 1. The molecule has 1 N–H and O–H groups in total. The molecule has 0 saturated heterocycles. The number of imidazole rings is 1. The fourth-order valence-electron chi connectivity index (χ4n) is 2.20. The average Bonchev–Trinajstić information content (AvgIpc) is 2.97. The van der Waals surface area contributed by atoms with Crippen molar-refractivity contribution in [2.24, 2.45) is 0 Å². The first kappa shape index (κ1) is 13.2. The van der Waals surface area contributed by atoms with E-state index in [1.54, 1.807) is 27.5 Å². The molecular formula is C15H15N3O3. The van der Waals surface area contributed by atoms with Crippen LogP contribution in [0.25, 0.3) is 22.6 Å². The highest BCUT2D eigenvalue weighted by Crippen LogP contribution is 2.40. The molecule has 0 unspecified atom stereocenters. The zero-order valence-electron chi connectivity index (χ0n) is 12.0. The highest BCUT2D eigenvalue weighted by atomic mass is 16.5. The van der Waals surface area contributed by atoms with E-state index in [1.807, 2.05) is 24.3 Å². The molecular weight excluding hydrogens is 270 g/mol. The number of hydrogen-bond acceptors (Lipinski definition) is 5. The third-order valence-electron chi connectivity index (χ3n) is 3.20. The second kappa shape index (κ2) is 5.32. The predicted octanol–water partition coefficient (Wildman–Crippen LogP) is 2.65. The molecule has 1 aromatic carbocycles. The molecule has 2 aromatic heterocycles. The Morgan fingerprint density at radius 3 is 2.29 bits per heavy atom. The van der Waals surface area contributed by atoms with Crippen molar-refractivity contribution in [3.05, 3.63) is 30.5 Å². The fraction of sp³-hybridized carbons (Fsp3) is 0.200. The van der Waals surface area contributed by atoms with E-state index in [1.165, 1.54) is 0 Å². The minimum Gasteiger partial charge on any atom is -0.493 e. The van der Waals surface area contributed by atoms with Crippen LogP contribution in [0.2, 0.25) is 0 Å². The second-order valence-corrected chi connectivity index (χ2v) is 4.37. The summed E-state index contributed by atoms with van der Waals surface area (Å²) in [7, 11) is 4.74. The largest absolute Gasteiger partial charge is 0.493 e. The topological polar surface area (TPSA) is 69.3 Å². The Kier molecular flexibility index (Phi) is 3.35. The van der Waals surface area contributed by atoms with Gasteiger partial charge in [-0.05, 0) is 24.3 Å². The molecule has 0 fully saturated rings. The Hall–Kier alpha value is -2.76. The van der Waals surface area contributed by atoms with E-state index in [-0.39, 0.29) is 0 Å². The molecule has 6 nitrogen and oxygen atoms in total. The van der Waals surface area contributed by atoms with Gasteiger partial charge in [0.15, 0.2) is 17.1 Å². The summed E-state index contributed by atoms with van der Waals surface area (Å²) in [4.78, 5) is 11.9. The molecule has 0 atom stereocenters. The molecule has 3 rings (SSSR count). The number of H-pyrrole nitrogens is 1. The van der Waals surface area contributed by atoms with Crippen molar-refractivity contribution in [3.63, 3.8) is 0 Å². The van der Waals surface area contributed by atoms with Crippen molar-refractivity contribution in [2.45, 2.75) is 0 Å². The van der Waals surface area contributed by atoms with E-state index in [9.17, 15) is 0 Å². The third kappa shape index (κ3) is 2.24.